The summed E-state index contributed by atoms with van der Waals surface area (Å²) in [4.78, 5) is 14.0. The largest absolute Gasteiger partial charge is 0.336 e. The van der Waals surface area contributed by atoms with Crippen molar-refractivity contribution < 1.29 is 13.2 Å². The van der Waals surface area contributed by atoms with E-state index >= 15 is 0 Å². The Morgan fingerprint density at radius 3 is 2.88 bits per heavy atom. The smallest absolute Gasteiger partial charge is 0.243 e. The highest BCUT2D eigenvalue weighted by molar-refractivity contribution is 7.89. The van der Waals surface area contributed by atoms with Gasteiger partial charge in [-0.15, -0.1) is 0 Å². The summed E-state index contributed by atoms with van der Waals surface area (Å²) in [5.41, 5.74) is 0.321. The fourth-order valence-electron chi connectivity index (χ4n) is 3.28. The first-order chi connectivity index (χ1) is 11.5. The monoisotopic (exact) mass is 348 g/mol. The van der Waals surface area contributed by atoms with Crippen LogP contribution < -0.4 is 5.32 Å². The molecule has 3 rings (SSSR count). The summed E-state index contributed by atoms with van der Waals surface area (Å²) in [5, 5.41) is 12.0. The minimum absolute atomic E-state index is 0.0250. The number of benzene rings is 1. The Morgan fingerprint density at radius 2 is 2.12 bits per heavy atom. The first kappa shape index (κ1) is 16.9. The van der Waals surface area contributed by atoms with Crippen molar-refractivity contribution in [2.75, 3.05) is 32.7 Å². The zero-order valence-electron chi connectivity index (χ0n) is 13.3. The molecule has 24 heavy (non-hydrogen) atoms. The van der Waals surface area contributed by atoms with Crippen LogP contribution in [0.2, 0.25) is 0 Å². The Labute approximate surface area is 141 Å². The second kappa shape index (κ2) is 6.89. The minimum Gasteiger partial charge on any atom is -0.336 e. The van der Waals surface area contributed by atoms with Crippen molar-refractivity contribution in [2.24, 2.45) is 0 Å². The zero-order chi connectivity index (χ0) is 17.2. The van der Waals surface area contributed by atoms with Gasteiger partial charge in [0, 0.05) is 32.2 Å². The molecule has 0 bridgehead atoms. The number of rotatable bonds is 3. The molecular weight excluding hydrogens is 328 g/mol. The molecule has 2 fully saturated rings. The molecule has 0 spiro atoms. The van der Waals surface area contributed by atoms with E-state index in [0.717, 1.165) is 19.4 Å². The number of hydrogen-bond donors (Lipinski definition) is 1. The van der Waals surface area contributed by atoms with Crippen LogP contribution in [0.4, 0.5) is 0 Å². The quantitative estimate of drug-likeness (QED) is 0.839. The van der Waals surface area contributed by atoms with E-state index in [1.807, 2.05) is 6.07 Å². The first-order valence-electron chi connectivity index (χ1n) is 8.03. The number of nitrogens with one attached hydrogen (secondary N) is 1. The number of hydrogen-bond acceptors (Lipinski definition) is 5. The molecule has 2 aliphatic rings. The van der Waals surface area contributed by atoms with Crippen LogP contribution in [0.15, 0.2) is 29.2 Å². The van der Waals surface area contributed by atoms with Crippen LogP contribution in [0.5, 0.6) is 0 Å². The van der Waals surface area contributed by atoms with E-state index in [2.05, 4.69) is 5.32 Å². The third-order valence-corrected chi connectivity index (χ3v) is 6.39. The van der Waals surface area contributed by atoms with Crippen molar-refractivity contribution >= 4 is 15.9 Å². The molecule has 0 aliphatic carbocycles. The number of amides is 1. The molecule has 1 unspecified atom stereocenters. The van der Waals surface area contributed by atoms with Gasteiger partial charge in [-0.05, 0) is 31.0 Å². The van der Waals surface area contributed by atoms with Gasteiger partial charge in [-0.1, -0.05) is 6.07 Å². The molecule has 8 heteroatoms. The van der Waals surface area contributed by atoms with Crippen LogP contribution in [0.1, 0.15) is 18.4 Å². The summed E-state index contributed by atoms with van der Waals surface area (Å²) >= 11 is 0. The van der Waals surface area contributed by atoms with Gasteiger partial charge < -0.3 is 10.2 Å². The Morgan fingerprint density at radius 1 is 1.29 bits per heavy atom. The lowest BCUT2D eigenvalue weighted by Crippen LogP contribution is -2.57. The Balaban J connectivity index is 1.80. The van der Waals surface area contributed by atoms with Gasteiger partial charge in [0.1, 0.15) is 0 Å². The number of piperazine rings is 1. The second-order valence-corrected chi connectivity index (χ2v) is 8.00. The summed E-state index contributed by atoms with van der Waals surface area (Å²) in [7, 11) is -3.66. The number of nitriles is 1. The number of carbonyl (C=O) groups excluding carboxylic acids is 1. The molecule has 2 aliphatic heterocycles. The van der Waals surface area contributed by atoms with E-state index in [1.165, 1.54) is 16.4 Å². The van der Waals surface area contributed by atoms with Gasteiger partial charge in [-0.3, -0.25) is 4.79 Å². The van der Waals surface area contributed by atoms with Crippen LogP contribution in [-0.4, -0.2) is 62.3 Å². The molecule has 2 saturated heterocycles. The topological polar surface area (TPSA) is 93.5 Å². The van der Waals surface area contributed by atoms with E-state index in [9.17, 15) is 13.2 Å². The molecule has 1 aromatic carbocycles. The molecule has 1 amide bonds. The van der Waals surface area contributed by atoms with Gasteiger partial charge in [0.15, 0.2) is 0 Å². The Hall–Kier alpha value is -1.95. The summed E-state index contributed by atoms with van der Waals surface area (Å²) in [6.07, 6.45) is 1.54. The maximum absolute atomic E-state index is 12.9. The lowest BCUT2D eigenvalue weighted by atomic mass is 10.1. The lowest BCUT2D eigenvalue weighted by Gasteiger charge is -2.40. The van der Waals surface area contributed by atoms with Crippen molar-refractivity contribution in [3.63, 3.8) is 0 Å². The molecule has 1 N–H and O–H groups in total. The lowest BCUT2D eigenvalue weighted by molar-refractivity contribution is -0.135. The Kier molecular flexibility index (Phi) is 4.85. The summed E-state index contributed by atoms with van der Waals surface area (Å²) in [6.45, 7) is 2.41. The first-order valence-corrected chi connectivity index (χ1v) is 9.47. The predicted octanol–water partition coefficient (Wildman–Crippen LogP) is 0.143. The van der Waals surface area contributed by atoms with Crippen molar-refractivity contribution in [1.29, 1.82) is 5.26 Å². The average Bonchev–Trinajstić information content (AvgIpc) is 2.62. The van der Waals surface area contributed by atoms with Crippen molar-refractivity contribution in [1.82, 2.24) is 14.5 Å². The number of piperidine rings is 1. The molecule has 0 saturated carbocycles. The number of sulfonamides is 1. The van der Waals surface area contributed by atoms with Crippen LogP contribution in [0.3, 0.4) is 0 Å². The van der Waals surface area contributed by atoms with Gasteiger partial charge in [-0.2, -0.15) is 9.57 Å². The van der Waals surface area contributed by atoms with Gasteiger partial charge in [0.2, 0.25) is 15.9 Å². The highest BCUT2D eigenvalue weighted by atomic mass is 32.2. The number of nitrogens with zero attached hydrogens (tertiary/aromatic N) is 3. The van der Waals surface area contributed by atoms with E-state index in [1.54, 1.807) is 17.0 Å². The number of carbonyl (C=O) groups is 1. The minimum atomic E-state index is -3.66. The molecule has 0 radical (unpaired) electrons. The van der Waals surface area contributed by atoms with Crippen LogP contribution in [0.25, 0.3) is 0 Å². The summed E-state index contributed by atoms with van der Waals surface area (Å²) < 4.78 is 27.2. The highest BCUT2D eigenvalue weighted by Gasteiger charge is 2.35. The molecule has 1 atom stereocenters. The average molecular weight is 348 g/mol. The maximum atomic E-state index is 12.9. The fourth-order valence-corrected chi connectivity index (χ4v) is 4.84. The molecule has 7 nitrogen and oxygen atoms in total. The van der Waals surface area contributed by atoms with Crippen molar-refractivity contribution in [3.8, 4) is 6.07 Å². The van der Waals surface area contributed by atoms with Crippen LogP contribution in [0, 0.1) is 11.3 Å². The van der Waals surface area contributed by atoms with Crippen LogP contribution >= 0.6 is 0 Å². The van der Waals surface area contributed by atoms with E-state index in [4.69, 9.17) is 5.26 Å². The van der Waals surface area contributed by atoms with E-state index in [-0.39, 0.29) is 16.8 Å². The SMILES string of the molecule is N#Cc1cccc(S(=O)(=O)N2CCCC(N3CCNCC3=O)C2)c1. The van der Waals surface area contributed by atoms with Crippen LogP contribution in [-0.2, 0) is 14.8 Å². The van der Waals surface area contributed by atoms with Gasteiger partial charge in [-0.25, -0.2) is 8.42 Å². The molecule has 128 valence electrons. The zero-order valence-corrected chi connectivity index (χ0v) is 14.1. The normalized spacial score (nSPS) is 23.0. The summed E-state index contributed by atoms with van der Waals surface area (Å²) in [6, 6.07) is 7.95. The standard InChI is InChI=1S/C16H20N4O3S/c17-10-13-3-1-5-15(9-13)24(22,23)19-7-2-4-14(12-19)20-8-6-18-11-16(20)21/h1,3,5,9,14,18H,2,4,6-8,11-12H2. The second-order valence-electron chi connectivity index (χ2n) is 6.06. The fraction of sp³-hybridized carbons (Fsp3) is 0.500. The highest BCUT2D eigenvalue weighted by Crippen LogP contribution is 2.24. The molecular formula is C16H20N4O3S. The van der Waals surface area contributed by atoms with Crippen molar-refractivity contribution in [2.45, 2.75) is 23.8 Å². The molecule has 1 aromatic rings. The van der Waals surface area contributed by atoms with E-state index < -0.39 is 10.0 Å². The molecule has 2 heterocycles. The third-order valence-electron chi connectivity index (χ3n) is 4.53. The van der Waals surface area contributed by atoms with Gasteiger partial charge in [0.25, 0.3) is 0 Å². The van der Waals surface area contributed by atoms with Crippen molar-refractivity contribution in [3.05, 3.63) is 29.8 Å². The van der Waals surface area contributed by atoms with Gasteiger partial charge >= 0.3 is 0 Å². The van der Waals surface area contributed by atoms with Gasteiger partial charge in [0.05, 0.1) is 23.1 Å². The maximum Gasteiger partial charge on any atom is 0.243 e. The predicted molar refractivity (Wildman–Crippen MR) is 87.5 cm³/mol. The molecule has 0 aromatic heterocycles. The summed E-state index contributed by atoms with van der Waals surface area (Å²) in [5.74, 6) is 0.0250. The van der Waals surface area contributed by atoms with E-state index in [0.29, 0.717) is 31.7 Å². The third kappa shape index (κ3) is 3.29. The Bertz CT molecular complexity index is 772.